The van der Waals surface area contributed by atoms with Gasteiger partial charge >= 0.3 is 0 Å². The first-order valence-corrected chi connectivity index (χ1v) is 6.46. The molecule has 0 bridgehead atoms. The van der Waals surface area contributed by atoms with Gasteiger partial charge in [0.15, 0.2) is 6.17 Å². The standard InChI is InChI=1S/C14H16FN3O3/c1-20-14(21-2)5-6-18(9-12(14)15)13(19)10-3-4-11(7-16)17-8-10/h3-4,8,12H,5-6,9H2,1-2H3. The second kappa shape index (κ2) is 6.16. The highest BCUT2D eigenvalue weighted by Gasteiger charge is 2.45. The van der Waals surface area contributed by atoms with Crippen molar-refractivity contribution < 1.29 is 18.7 Å². The van der Waals surface area contributed by atoms with Gasteiger partial charge < -0.3 is 14.4 Å². The summed E-state index contributed by atoms with van der Waals surface area (Å²) < 4.78 is 24.5. The number of hydrogen-bond acceptors (Lipinski definition) is 5. The van der Waals surface area contributed by atoms with E-state index in [0.717, 1.165) is 0 Å². The average molecular weight is 293 g/mol. The van der Waals surface area contributed by atoms with Crippen molar-refractivity contribution in [3.05, 3.63) is 29.6 Å². The summed E-state index contributed by atoms with van der Waals surface area (Å²) in [5, 5.41) is 8.68. The lowest BCUT2D eigenvalue weighted by Gasteiger charge is -2.41. The number of methoxy groups -OCH3 is 2. The maximum Gasteiger partial charge on any atom is 0.255 e. The smallest absolute Gasteiger partial charge is 0.255 e. The highest BCUT2D eigenvalue weighted by atomic mass is 19.1. The molecule has 112 valence electrons. The number of carbonyl (C=O) groups is 1. The van der Waals surface area contributed by atoms with Crippen LogP contribution in [0.4, 0.5) is 4.39 Å². The molecule has 1 atom stereocenters. The number of rotatable bonds is 3. The Balaban J connectivity index is 2.10. The van der Waals surface area contributed by atoms with Crippen LogP contribution in [0, 0.1) is 11.3 Å². The molecule has 21 heavy (non-hydrogen) atoms. The van der Waals surface area contributed by atoms with Gasteiger partial charge in [-0.3, -0.25) is 4.79 Å². The molecule has 0 aliphatic carbocycles. The highest BCUT2D eigenvalue weighted by Crippen LogP contribution is 2.29. The molecule has 0 aromatic carbocycles. The third-order valence-electron chi connectivity index (χ3n) is 3.69. The largest absolute Gasteiger partial charge is 0.350 e. The third kappa shape index (κ3) is 2.86. The molecule has 0 radical (unpaired) electrons. The second-order valence-electron chi connectivity index (χ2n) is 4.73. The van der Waals surface area contributed by atoms with E-state index in [1.807, 2.05) is 6.07 Å². The summed E-state index contributed by atoms with van der Waals surface area (Å²) >= 11 is 0. The highest BCUT2D eigenvalue weighted by molar-refractivity contribution is 5.94. The fraction of sp³-hybridized carbons (Fsp3) is 0.500. The van der Waals surface area contributed by atoms with E-state index in [-0.39, 0.29) is 24.6 Å². The molecule has 2 heterocycles. The number of nitriles is 1. The van der Waals surface area contributed by atoms with E-state index in [1.165, 1.54) is 37.4 Å². The van der Waals surface area contributed by atoms with E-state index in [9.17, 15) is 9.18 Å². The third-order valence-corrected chi connectivity index (χ3v) is 3.69. The van der Waals surface area contributed by atoms with Crippen LogP contribution in [-0.2, 0) is 9.47 Å². The van der Waals surface area contributed by atoms with E-state index in [1.54, 1.807) is 0 Å². The van der Waals surface area contributed by atoms with E-state index >= 15 is 0 Å². The van der Waals surface area contributed by atoms with Gasteiger partial charge in [-0.2, -0.15) is 5.26 Å². The maximum atomic E-state index is 14.2. The van der Waals surface area contributed by atoms with Gasteiger partial charge in [-0.25, -0.2) is 9.37 Å². The fourth-order valence-electron chi connectivity index (χ4n) is 2.37. The van der Waals surface area contributed by atoms with E-state index < -0.39 is 12.0 Å². The molecule has 0 spiro atoms. The van der Waals surface area contributed by atoms with Crippen LogP contribution in [0.3, 0.4) is 0 Å². The first-order chi connectivity index (χ1) is 10.1. The lowest BCUT2D eigenvalue weighted by molar-refractivity contribution is -0.259. The molecule has 0 N–H and O–H groups in total. The summed E-state index contributed by atoms with van der Waals surface area (Å²) in [6, 6.07) is 4.84. The Morgan fingerprint density at radius 3 is 2.71 bits per heavy atom. The van der Waals surface area contributed by atoms with Crippen LogP contribution in [0.1, 0.15) is 22.5 Å². The monoisotopic (exact) mass is 293 g/mol. The molecule has 1 fully saturated rings. The number of halogens is 1. The Bertz CT molecular complexity index is 552. The summed E-state index contributed by atoms with van der Waals surface area (Å²) in [6.07, 6.45) is 0.135. The van der Waals surface area contributed by atoms with Crippen LogP contribution in [-0.4, -0.2) is 55.1 Å². The minimum Gasteiger partial charge on any atom is -0.350 e. The maximum absolute atomic E-state index is 14.2. The van der Waals surface area contributed by atoms with Crippen LogP contribution < -0.4 is 0 Å². The molecule has 1 amide bonds. The zero-order chi connectivity index (χ0) is 15.5. The number of ether oxygens (including phenoxy) is 2. The van der Waals surface area contributed by atoms with Gasteiger partial charge in [0.05, 0.1) is 12.1 Å². The molecule has 1 aliphatic heterocycles. The zero-order valence-corrected chi connectivity index (χ0v) is 11.9. The van der Waals surface area contributed by atoms with Crippen molar-refractivity contribution in [1.82, 2.24) is 9.88 Å². The van der Waals surface area contributed by atoms with Crippen molar-refractivity contribution in [3.8, 4) is 6.07 Å². The molecular formula is C14H16FN3O3. The van der Waals surface area contributed by atoms with Gasteiger partial charge in [-0.1, -0.05) is 0 Å². The molecule has 1 aromatic heterocycles. The summed E-state index contributed by atoms with van der Waals surface area (Å²) in [7, 11) is 2.77. The number of likely N-dealkylation sites (tertiary alicyclic amines) is 1. The molecule has 1 aromatic rings. The van der Waals surface area contributed by atoms with Crippen molar-refractivity contribution in [2.24, 2.45) is 0 Å². The Morgan fingerprint density at radius 1 is 1.52 bits per heavy atom. The van der Waals surface area contributed by atoms with Crippen LogP contribution in [0.25, 0.3) is 0 Å². The van der Waals surface area contributed by atoms with E-state index in [2.05, 4.69) is 4.98 Å². The summed E-state index contributed by atoms with van der Waals surface area (Å²) in [4.78, 5) is 17.5. The van der Waals surface area contributed by atoms with Crippen LogP contribution in [0.15, 0.2) is 18.3 Å². The molecule has 0 saturated carbocycles. The van der Waals surface area contributed by atoms with Gasteiger partial charge in [0.25, 0.3) is 5.91 Å². The fourth-order valence-corrected chi connectivity index (χ4v) is 2.37. The number of alkyl halides is 1. The molecule has 7 heteroatoms. The summed E-state index contributed by atoms with van der Waals surface area (Å²) in [5.41, 5.74) is 0.551. The second-order valence-corrected chi connectivity index (χ2v) is 4.73. The number of aromatic nitrogens is 1. The molecule has 1 saturated heterocycles. The number of amides is 1. The molecular weight excluding hydrogens is 277 g/mol. The predicted molar refractivity (Wildman–Crippen MR) is 71.1 cm³/mol. The number of piperidine rings is 1. The van der Waals surface area contributed by atoms with Gasteiger partial charge in [0.2, 0.25) is 5.79 Å². The molecule has 2 rings (SSSR count). The van der Waals surface area contributed by atoms with Crippen LogP contribution in [0.5, 0.6) is 0 Å². The quantitative estimate of drug-likeness (QED) is 0.781. The first kappa shape index (κ1) is 15.4. The minimum absolute atomic E-state index is 0.111. The number of carbonyl (C=O) groups excluding carboxylic acids is 1. The van der Waals surface area contributed by atoms with Crippen LogP contribution in [0.2, 0.25) is 0 Å². The Hall–Kier alpha value is -2.04. The predicted octanol–water partition coefficient (Wildman–Crippen LogP) is 1.13. The topological polar surface area (TPSA) is 75.5 Å². The van der Waals surface area contributed by atoms with Gasteiger partial charge in [-0.05, 0) is 12.1 Å². The van der Waals surface area contributed by atoms with Gasteiger partial charge in [-0.15, -0.1) is 0 Å². The van der Waals surface area contributed by atoms with Gasteiger partial charge in [0, 0.05) is 33.4 Å². The summed E-state index contributed by atoms with van der Waals surface area (Å²) in [6.45, 7) is 0.210. The van der Waals surface area contributed by atoms with Gasteiger partial charge in [0.1, 0.15) is 11.8 Å². The first-order valence-electron chi connectivity index (χ1n) is 6.46. The lowest BCUT2D eigenvalue weighted by atomic mass is 10.0. The SMILES string of the molecule is COC1(OC)CCN(C(=O)c2ccc(C#N)nc2)CC1F. The summed E-state index contributed by atoms with van der Waals surface area (Å²) in [5.74, 6) is -1.62. The normalized spacial score (nSPS) is 20.9. The Morgan fingerprint density at radius 2 is 2.24 bits per heavy atom. The number of nitrogens with zero attached hydrogens (tertiary/aromatic N) is 3. The van der Waals surface area contributed by atoms with Crippen molar-refractivity contribution in [3.63, 3.8) is 0 Å². The van der Waals surface area contributed by atoms with Crippen molar-refractivity contribution in [1.29, 1.82) is 5.26 Å². The van der Waals surface area contributed by atoms with Crippen molar-refractivity contribution in [2.45, 2.75) is 18.4 Å². The molecule has 1 unspecified atom stereocenters. The zero-order valence-electron chi connectivity index (χ0n) is 11.9. The average Bonchev–Trinajstić information content (AvgIpc) is 2.54. The number of hydrogen-bond donors (Lipinski definition) is 0. The number of pyridine rings is 1. The molecule has 1 aliphatic rings. The van der Waals surface area contributed by atoms with Crippen molar-refractivity contribution >= 4 is 5.91 Å². The van der Waals surface area contributed by atoms with E-state index in [0.29, 0.717) is 12.1 Å². The van der Waals surface area contributed by atoms with Crippen molar-refractivity contribution in [2.75, 3.05) is 27.3 Å². The molecule has 6 nitrogen and oxygen atoms in total. The minimum atomic E-state index is -1.43. The van der Waals surface area contributed by atoms with E-state index in [4.69, 9.17) is 14.7 Å². The Kier molecular flexibility index (Phi) is 4.50. The van der Waals surface area contributed by atoms with Crippen LogP contribution >= 0.6 is 0 Å². The Labute approximate surface area is 122 Å². The lowest BCUT2D eigenvalue weighted by Crippen LogP contribution is -2.56.